The van der Waals surface area contributed by atoms with Gasteiger partial charge in [-0.3, -0.25) is 4.79 Å². The van der Waals surface area contributed by atoms with E-state index in [9.17, 15) is 14.7 Å². The van der Waals surface area contributed by atoms with Crippen molar-refractivity contribution in [3.05, 3.63) is 71.3 Å². The van der Waals surface area contributed by atoms with E-state index in [0.717, 1.165) is 11.1 Å². The van der Waals surface area contributed by atoms with Gasteiger partial charge in [-0.15, -0.1) is 0 Å². The predicted molar refractivity (Wildman–Crippen MR) is 99.8 cm³/mol. The summed E-state index contributed by atoms with van der Waals surface area (Å²) < 4.78 is 4.96. The van der Waals surface area contributed by atoms with Crippen molar-refractivity contribution in [1.29, 1.82) is 0 Å². The zero-order valence-corrected chi connectivity index (χ0v) is 15.1. The van der Waals surface area contributed by atoms with E-state index in [2.05, 4.69) is 5.32 Å². The largest absolute Gasteiger partial charge is 0.462 e. The summed E-state index contributed by atoms with van der Waals surface area (Å²) in [4.78, 5) is 24.0. The number of esters is 1. The molecule has 1 unspecified atom stereocenters. The lowest BCUT2D eigenvalue weighted by Gasteiger charge is -2.18. The number of rotatable bonds is 8. The third kappa shape index (κ3) is 5.43. The van der Waals surface area contributed by atoms with Gasteiger partial charge in [-0.2, -0.15) is 0 Å². The van der Waals surface area contributed by atoms with Crippen LogP contribution in [0.15, 0.2) is 54.6 Å². The molecule has 5 nitrogen and oxygen atoms in total. The number of carbonyl (C=O) groups excluding carboxylic acids is 2. The summed E-state index contributed by atoms with van der Waals surface area (Å²) in [6.07, 6.45) is 0.294. The fourth-order valence-electron chi connectivity index (χ4n) is 2.73. The van der Waals surface area contributed by atoms with Crippen molar-refractivity contribution in [3.63, 3.8) is 0 Å². The number of hydrogen-bond donors (Lipinski definition) is 2. The molecule has 2 aromatic rings. The molecule has 0 spiro atoms. The second-order valence-electron chi connectivity index (χ2n) is 6.16. The van der Waals surface area contributed by atoms with Crippen LogP contribution in [-0.4, -0.2) is 30.2 Å². The van der Waals surface area contributed by atoms with Crippen LogP contribution in [0.25, 0.3) is 0 Å². The molecule has 0 saturated carbocycles. The van der Waals surface area contributed by atoms with Gasteiger partial charge < -0.3 is 15.2 Å². The first-order chi connectivity index (χ1) is 12.5. The van der Waals surface area contributed by atoms with Crippen LogP contribution in [0.1, 0.15) is 53.7 Å². The van der Waals surface area contributed by atoms with Crippen LogP contribution in [-0.2, 0) is 9.53 Å². The Bertz CT molecular complexity index is 713. The summed E-state index contributed by atoms with van der Waals surface area (Å²) in [6.45, 7) is 3.90. The third-order valence-electron chi connectivity index (χ3n) is 4.20. The van der Waals surface area contributed by atoms with Gasteiger partial charge in [0.2, 0.25) is 5.91 Å². The molecule has 0 aliphatic rings. The molecule has 0 heterocycles. The van der Waals surface area contributed by atoms with Crippen molar-refractivity contribution in [2.45, 2.75) is 32.2 Å². The Labute approximate surface area is 154 Å². The Morgan fingerprint density at radius 1 is 1.04 bits per heavy atom. The van der Waals surface area contributed by atoms with Gasteiger partial charge in [0.15, 0.2) is 0 Å². The Balaban J connectivity index is 1.94. The number of nitrogens with one attached hydrogen (secondary N) is 1. The maximum absolute atomic E-state index is 12.3. The molecule has 0 bridgehead atoms. The summed E-state index contributed by atoms with van der Waals surface area (Å²) in [7, 11) is 0. The zero-order chi connectivity index (χ0) is 18.9. The monoisotopic (exact) mass is 355 g/mol. The minimum Gasteiger partial charge on any atom is -0.462 e. The lowest BCUT2D eigenvalue weighted by molar-refractivity contribution is -0.122. The molecule has 0 aliphatic heterocycles. The highest BCUT2D eigenvalue weighted by atomic mass is 16.5. The van der Waals surface area contributed by atoms with Gasteiger partial charge in [0.1, 0.15) is 0 Å². The molecule has 5 heteroatoms. The van der Waals surface area contributed by atoms with E-state index in [1.807, 2.05) is 49.4 Å². The molecule has 138 valence electrons. The number of hydrogen-bond acceptors (Lipinski definition) is 4. The highest BCUT2D eigenvalue weighted by molar-refractivity contribution is 5.89. The van der Waals surface area contributed by atoms with Crippen molar-refractivity contribution in [2.75, 3.05) is 13.2 Å². The van der Waals surface area contributed by atoms with Crippen molar-refractivity contribution in [2.24, 2.45) is 0 Å². The van der Waals surface area contributed by atoms with E-state index in [4.69, 9.17) is 4.74 Å². The zero-order valence-electron chi connectivity index (χ0n) is 15.1. The lowest BCUT2D eigenvalue weighted by atomic mass is 9.96. The molecule has 1 amide bonds. The predicted octanol–water partition coefficient (Wildman–Crippen LogP) is 3.21. The van der Waals surface area contributed by atoms with Gasteiger partial charge in [-0.1, -0.05) is 49.4 Å². The van der Waals surface area contributed by atoms with Gasteiger partial charge >= 0.3 is 5.97 Å². The highest BCUT2D eigenvalue weighted by Gasteiger charge is 2.17. The van der Waals surface area contributed by atoms with Crippen molar-refractivity contribution < 1.29 is 19.4 Å². The van der Waals surface area contributed by atoms with Crippen LogP contribution in [0, 0.1) is 0 Å². The molecular formula is C21H25NO4. The van der Waals surface area contributed by atoms with Crippen LogP contribution in [0.5, 0.6) is 0 Å². The van der Waals surface area contributed by atoms with Gasteiger partial charge in [0, 0.05) is 6.42 Å². The summed E-state index contributed by atoms with van der Waals surface area (Å²) in [5.41, 5.74) is 2.33. The number of carbonyl (C=O) groups is 2. The molecule has 0 fully saturated rings. The molecule has 0 aliphatic carbocycles. The van der Waals surface area contributed by atoms with Crippen molar-refractivity contribution in [3.8, 4) is 0 Å². The van der Waals surface area contributed by atoms with Gasteiger partial charge in [-0.05, 0) is 36.1 Å². The minimum atomic E-state index is -0.415. The Kier molecular flexibility index (Phi) is 7.36. The second-order valence-corrected chi connectivity index (χ2v) is 6.16. The van der Waals surface area contributed by atoms with Crippen molar-refractivity contribution in [1.82, 2.24) is 5.32 Å². The molecule has 0 aromatic heterocycles. The number of aliphatic hydroxyl groups is 1. The average molecular weight is 355 g/mol. The van der Waals surface area contributed by atoms with E-state index in [1.165, 1.54) is 0 Å². The first-order valence-electron chi connectivity index (χ1n) is 8.77. The van der Waals surface area contributed by atoms with Crippen LogP contribution in [0.3, 0.4) is 0 Å². The van der Waals surface area contributed by atoms with Crippen LogP contribution in [0.4, 0.5) is 0 Å². The standard InChI is InChI=1S/C21H25NO4/c1-3-26-21(25)18-11-9-16(10-12-18)15(2)13-20(24)22-19(14-23)17-7-5-4-6-8-17/h4-12,15,19,23H,3,13-14H2,1-2H3,(H,22,24)/t15?,19-/m1/s1. The SMILES string of the molecule is CCOC(=O)c1ccc(C(C)CC(=O)N[C@H](CO)c2ccccc2)cc1. The summed E-state index contributed by atoms with van der Waals surface area (Å²) >= 11 is 0. The Morgan fingerprint density at radius 3 is 2.27 bits per heavy atom. The maximum atomic E-state index is 12.3. The summed E-state index contributed by atoms with van der Waals surface area (Å²) in [5, 5.41) is 12.4. The van der Waals surface area contributed by atoms with Gasteiger partial charge in [0.25, 0.3) is 0 Å². The quantitative estimate of drug-likeness (QED) is 0.713. The maximum Gasteiger partial charge on any atom is 0.338 e. The molecule has 0 radical (unpaired) electrons. The van der Waals surface area contributed by atoms with Gasteiger partial charge in [-0.25, -0.2) is 4.79 Å². The molecule has 0 saturated heterocycles. The van der Waals surface area contributed by atoms with Gasteiger partial charge in [0.05, 0.1) is 24.8 Å². The fraction of sp³-hybridized carbons (Fsp3) is 0.333. The molecule has 2 atom stereocenters. The van der Waals surface area contributed by atoms with E-state index < -0.39 is 6.04 Å². The second kappa shape index (κ2) is 9.73. The number of amides is 1. The topological polar surface area (TPSA) is 75.6 Å². The number of ether oxygens (including phenoxy) is 1. The van der Waals surface area contributed by atoms with Crippen molar-refractivity contribution >= 4 is 11.9 Å². The first kappa shape index (κ1) is 19.7. The Morgan fingerprint density at radius 2 is 1.69 bits per heavy atom. The van der Waals surface area contributed by atoms with E-state index in [1.54, 1.807) is 19.1 Å². The van der Waals surface area contributed by atoms with Crippen LogP contribution >= 0.6 is 0 Å². The van der Waals surface area contributed by atoms with Crippen LogP contribution < -0.4 is 5.32 Å². The molecule has 2 rings (SSSR count). The fourth-order valence-corrected chi connectivity index (χ4v) is 2.73. The lowest BCUT2D eigenvalue weighted by Crippen LogP contribution is -2.31. The third-order valence-corrected chi connectivity index (χ3v) is 4.20. The summed E-state index contributed by atoms with van der Waals surface area (Å²) in [6, 6.07) is 16.1. The highest BCUT2D eigenvalue weighted by Crippen LogP contribution is 2.21. The minimum absolute atomic E-state index is 0.0126. The molecular weight excluding hydrogens is 330 g/mol. The number of aliphatic hydroxyl groups excluding tert-OH is 1. The Hall–Kier alpha value is -2.66. The summed E-state index contributed by atoms with van der Waals surface area (Å²) in [5.74, 6) is -0.491. The van der Waals surface area contributed by atoms with E-state index >= 15 is 0 Å². The first-order valence-corrected chi connectivity index (χ1v) is 8.77. The van der Waals surface area contributed by atoms with E-state index in [0.29, 0.717) is 18.6 Å². The molecule has 2 N–H and O–H groups in total. The normalized spacial score (nSPS) is 12.9. The number of benzene rings is 2. The molecule has 26 heavy (non-hydrogen) atoms. The smallest absolute Gasteiger partial charge is 0.338 e. The molecule has 2 aromatic carbocycles. The van der Waals surface area contributed by atoms with E-state index in [-0.39, 0.29) is 24.4 Å². The van der Waals surface area contributed by atoms with Crippen LogP contribution in [0.2, 0.25) is 0 Å². The average Bonchev–Trinajstić information content (AvgIpc) is 2.67.